The van der Waals surface area contributed by atoms with E-state index in [0.29, 0.717) is 10.7 Å². The van der Waals surface area contributed by atoms with Gasteiger partial charge < -0.3 is 9.73 Å². The average molecular weight is 457 g/mol. The van der Waals surface area contributed by atoms with Crippen LogP contribution in [0.3, 0.4) is 0 Å². The van der Waals surface area contributed by atoms with Crippen molar-refractivity contribution in [2.24, 2.45) is 0 Å². The molecule has 31 heavy (non-hydrogen) atoms. The molecule has 2 N–H and O–H groups in total. The van der Waals surface area contributed by atoms with Crippen LogP contribution in [0, 0.1) is 0 Å². The molecule has 1 amide bonds. The summed E-state index contributed by atoms with van der Waals surface area (Å²) in [5.74, 6) is -0.924. The SMILES string of the molecule is O=C(Nc1ccc(S(=O)(=O)Nc2ncccn2)cc1)c1cc(=O)c2cc(Cl)ccc2o1. The lowest BCUT2D eigenvalue weighted by molar-refractivity contribution is 0.0997. The molecule has 0 radical (unpaired) electrons. The maximum Gasteiger partial charge on any atom is 0.291 e. The van der Waals surface area contributed by atoms with Crippen LogP contribution in [0.5, 0.6) is 0 Å². The van der Waals surface area contributed by atoms with Crippen molar-refractivity contribution in [1.82, 2.24) is 9.97 Å². The van der Waals surface area contributed by atoms with Crippen molar-refractivity contribution in [3.8, 4) is 0 Å². The zero-order valence-electron chi connectivity index (χ0n) is 15.6. The number of rotatable bonds is 5. The first-order chi connectivity index (χ1) is 14.8. The molecule has 0 saturated heterocycles. The molecule has 11 heteroatoms. The van der Waals surface area contributed by atoms with E-state index in [0.717, 1.165) is 6.07 Å². The summed E-state index contributed by atoms with van der Waals surface area (Å²) in [6.45, 7) is 0. The van der Waals surface area contributed by atoms with Crippen LogP contribution in [0.2, 0.25) is 5.02 Å². The summed E-state index contributed by atoms with van der Waals surface area (Å²) in [4.78, 5) is 32.3. The Kier molecular flexibility index (Phi) is 5.40. The van der Waals surface area contributed by atoms with Crippen LogP contribution >= 0.6 is 11.6 Å². The number of sulfonamides is 1. The maximum atomic E-state index is 12.5. The van der Waals surface area contributed by atoms with Gasteiger partial charge in [-0.2, -0.15) is 0 Å². The van der Waals surface area contributed by atoms with Crippen molar-refractivity contribution in [2.45, 2.75) is 4.90 Å². The van der Waals surface area contributed by atoms with Gasteiger partial charge >= 0.3 is 0 Å². The molecule has 156 valence electrons. The average Bonchev–Trinajstić information content (AvgIpc) is 2.75. The molecule has 0 fully saturated rings. The molecule has 2 aromatic carbocycles. The van der Waals surface area contributed by atoms with Gasteiger partial charge in [-0.3, -0.25) is 9.59 Å². The predicted molar refractivity (Wildman–Crippen MR) is 115 cm³/mol. The van der Waals surface area contributed by atoms with E-state index in [1.165, 1.54) is 48.8 Å². The first-order valence-electron chi connectivity index (χ1n) is 8.76. The van der Waals surface area contributed by atoms with E-state index < -0.39 is 21.4 Å². The summed E-state index contributed by atoms with van der Waals surface area (Å²) in [5, 5.41) is 3.19. The fraction of sp³-hybridized carbons (Fsp3) is 0. The molecule has 0 bridgehead atoms. The molecule has 0 atom stereocenters. The summed E-state index contributed by atoms with van der Waals surface area (Å²) >= 11 is 5.88. The molecule has 4 rings (SSSR count). The third-order valence-electron chi connectivity index (χ3n) is 4.13. The second-order valence-electron chi connectivity index (χ2n) is 6.27. The Labute approximate surface area is 180 Å². The third-order valence-corrected chi connectivity index (χ3v) is 5.71. The number of benzene rings is 2. The van der Waals surface area contributed by atoms with E-state index >= 15 is 0 Å². The fourth-order valence-corrected chi connectivity index (χ4v) is 3.81. The number of nitrogens with zero attached hydrogens (tertiary/aromatic N) is 2. The summed E-state index contributed by atoms with van der Waals surface area (Å²) in [6, 6.07) is 12.5. The van der Waals surface area contributed by atoms with Crippen molar-refractivity contribution in [3.05, 3.63) is 88.0 Å². The lowest BCUT2D eigenvalue weighted by Gasteiger charge is -2.08. The Morgan fingerprint density at radius 1 is 1.00 bits per heavy atom. The fourth-order valence-electron chi connectivity index (χ4n) is 2.68. The van der Waals surface area contributed by atoms with Crippen LogP contribution < -0.4 is 15.5 Å². The van der Waals surface area contributed by atoms with Crippen LogP contribution in [-0.2, 0) is 10.0 Å². The predicted octanol–water partition coefficient (Wildman–Crippen LogP) is 3.29. The van der Waals surface area contributed by atoms with E-state index in [9.17, 15) is 18.0 Å². The molecule has 4 aromatic rings. The number of fused-ring (bicyclic) bond motifs is 1. The van der Waals surface area contributed by atoms with Gasteiger partial charge in [-0.15, -0.1) is 0 Å². The van der Waals surface area contributed by atoms with Gasteiger partial charge in [0.05, 0.1) is 10.3 Å². The molecule has 0 unspecified atom stereocenters. The first kappa shape index (κ1) is 20.5. The van der Waals surface area contributed by atoms with Gasteiger partial charge in [0.2, 0.25) is 5.95 Å². The summed E-state index contributed by atoms with van der Waals surface area (Å²) < 4.78 is 32.5. The second-order valence-corrected chi connectivity index (χ2v) is 8.39. The Hall–Kier alpha value is -3.76. The maximum absolute atomic E-state index is 12.5. The molecule has 0 aliphatic rings. The Bertz CT molecular complexity index is 1440. The Morgan fingerprint density at radius 3 is 2.42 bits per heavy atom. The zero-order chi connectivity index (χ0) is 22.0. The molecule has 0 aliphatic carbocycles. The number of halogens is 1. The lowest BCUT2D eigenvalue weighted by Crippen LogP contribution is -2.16. The van der Waals surface area contributed by atoms with Gasteiger partial charge in [0.15, 0.2) is 11.2 Å². The zero-order valence-corrected chi connectivity index (χ0v) is 17.1. The van der Waals surface area contributed by atoms with Crippen molar-refractivity contribution in [1.29, 1.82) is 0 Å². The van der Waals surface area contributed by atoms with Crippen molar-refractivity contribution < 1.29 is 17.6 Å². The minimum Gasteiger partial charge on any atom is -0.451 e. The number of aromatic nitrogens is 2. The van der Waals surface area contributed by atoms with E-state index in [1.54, 1.807) is 12.1 Å². The minimum absolute atomic E-state index is 0.0490. The van der Waals surface area contributed by atoms with E-state index in [-0.39, 0.29) is 27.6 Å². The first-order valence-corrected chi connectivity index (χ1v) is 10.6. The molecular weight excluding hydrogens is 444 g/mol. The van der Waals surface area contributed by atoms with Crippen molar-refractivity contribution >= 4 is 50.1 Å². The van der Waals surface area contributed by atoms with E-state index in [2.05, 4.69) is 20.0 Å². The molecule has 2 aromatic heterocycles. The highest BCUT2D eigenvalue weighted by atomic mass is 35.5. The number of hydrogen-bond acceptors (Lipinski definition) is 7. The molecule has 2 heterocycles. The van der Waals surface area contributed by atoms with Crippen LogP contribution in [0.15, 0.2) is 81.1 Å². The van der Waals surface area contributed by atoms with Crippen molar-refractivity contribution in [3.63, 3.8) is 0 Å². The molecule has 0 aliphatic heterocycles. The van der Waals surface area contributed by atoms with Gasteiger partial charge in [0, 0.05) is 29.2 Å². The lowest BCUT2D eigenvalue weighted by atomic mass is 10.2. The van der Waals surface area contributed by atoms with Gasteiger partial charge in [0.25, 0.3) is 15.9 Å². The third kappa shape index (κ3) is 4.55. The molecule has 9 nitrogen and oxygen atoms in total. The normalized spacial score (nSPS) is 11.3. The van der Waals surface area contributed by atoms with E-state index in [1.807, 2.05) is 0 Å². The van der Waals surface area contributed by atoms with E-state index in [4.69, 9.17) is 16.0 Å². The highest BCUT2D eigenvalue weighted by Crippen LogP contribution is 2.20. The van der Waals surface area contributed by atoms with Gasteiger partial charge in [-0.05, 0) is 48.5 Å². The summed E-state index contributed by atoms with van der Waals surface area (Å²) in [5.41, 5.74) is 0.112. The van der Waals surface area contributed by atoms with Crippen LogP contribution in [0.25, 0.3) is 11.0 Å². The molecule has 0 spiro atoms. The number of amides is 1. The monoisotopic (exact) mass is 456 g/mol. The second kappa shape index (κ2) is 8.17. The van der Waals surface area contributed by atoms with Gasteiger partial charge in [-0.1, -0.05) is 11.6 Å². The van der Waals surface area contributed by atoms with Crippen LogP contribution in [0.4, 0.5) is 11.6 Å². The Balaban J connectivity index is 1.52. The van der Waals surface area contributed by atoms with Gasteiger partial charge in [-0.25, -0.2) is 23.1 Å². The topological polar surface area (TPSA) is 131 Å². The highest BCUT2D eigenvalue weighted by molar-refractivity contribution is 7.92. The highest BCUT2D eigenvalue weighted by Gasteiger charge is 2.17. The van der Waals surface area contributed by atoms with Crippen LogP contribution in [0.1, 0.15) is 10.6 Å². The molecular formula is C20H13ClN4O5S. The Morgan fingerprint density at radius 2 is 1.71 bits per heavy atom. The standard InChI is InChI=1S/C20H13ClN4O5S/c21-12-2-7-17-15(10-12)16(26)11-18(30-17)19(27)24-13-3-5-14(6-4-13)31(28,29)25-20-22-8-1-9-23-20/h1-11H,(H,24,27)(H,22,23,25). The summed E-state index contributed by atoms with van der Waals surface area (Å²) in [7, 11) is -3.90. The number of carbonyl (C=O) groups is 1. The number of carbonyl (C=O) groups excluding carboxylic acids is 1. The number of nitrogens with one attached hydrogen (secondary N) is 2. The quantitative estimate of drug-likeness (QED) is 0.471. The summed E-state index contributed by atoms with van der Waals surface area (Å²) in [6.07, 6.45) is 2.81. The smallest absolute Gasteiger partial charge is 0.291 e. The van der Waals surface area contributed by atoms with Crippen LogP contribution in [-0.4, -0.2) is 24.3 Å². The number of anilines is 2. The number of hydrogen-bond donors (Lipinski definition) is 2. The van der Waals surface area contributed by atoms with Gasteiger partial charge in [0.1, 0.15) is 5.58 Å². The van der Waals surface area contributed by atoms with Crippen molar-refractivity contribution in [2.75, 3.05) is 10.0 Å². The largest absolute Gasteiger partial charge is 0.451 e. The molecule has 0 saturated carbocycles. The minimum atomic E-state index is -3.90.